The Morgan fingerprint density at radius 3 is 2.48 bits per heavy atom. The van der Waals surface area contributed by atoms with Crippen molar-refractivity contribution in [2.45, 2.75) is 6.61 Å². The molecule has 2 aromatic rings. The first kappa shape index (κ1) is 17.7. The molecule has 0 radical (unpaired) electrons. The molecule has 3 rings (SSSR count). The summed E-state index contributed by atoms with van der Waals surface area (Å²) in [6, 6.07) is 8.30. The van der Waals surface area contributed by atoms with E-state index < -0.39 is 0 Å². The molecule has 0 atom stereocenters. The summed E-state index contributed by atoms with van der Waals surface area (Å²) >= 11 is 12.2. The monoisotopic (exact) mass is 382 g/mol. The maximum absolute atomic E-state index is 12.2. The van der Waals surface area contributed by atoms with Crippen molar-refractivity contribution in [3.8, 4) is 11.5 Å². The van der Waals surface area contributed by atoms with Crippen LogP contribution in [0.1, 0.15) is 5.56 Å². The average Bonchev–Trinajstić information content (AvgIpc) is 2.61. The standard InChI is InChI=1S/C17H16Cl2N2O4/c18-11-2-1-10(9-22)5-13(11)20-8-17(23)21-14-7-16-15(6-12(14)19)24-3-4-25-16/h1-2,5-7,20,22H,3-4,8-9H2,(H,21,23). The number of amides is 1. The summed E-state index contributed by atoms with van der Waals surface area (Å²) in [5.41, 5.74) is 1.70. The minimum Gasteiger partial charge on any atom is -0.486 e. The molecule has 1 heterocycles. The molecule has 0 saturated heterocycles. The van der Waals surface area contributed by atoms with Gasteiger partial charge in [-0.3, -0.25) is 4.79 Å². The number of fused-ring (bicyclic) bond motifs is 1. The van der Waals surface area contributed by atoms with Crippen molar-refractivity contribution >= 4 is 40.5 Å². The van der Waals surface area contributed by atoms with Gasteiger partial charge in [0.15, 0.2) is 11.5 Å². The lowest BCUT2D eigenvalue weighted by Crippen LogP contribution is -2.22. The molecule has 2 aromatic carbocycles. The molecule has 0 aromatic heterocycles. The van der Waals surface area contributed by atoms with Gasteiger partial charge in [-0.2, -0.15) is 0 Å². The van der Waals surface area contributed by atoms with Crippen molar-refractivity contribution in [2.24, 2.45) is 0 Å². The van der Waals surface area contributed by atoms with E-state index in [2.05, 4.69) is 10.6 Å². The Morgan fingerprint density at radius 2 is 1.76 bits per heavy atom. The van der Waals surface area contributed by atoms with E-state index in [0.29, 0.717) is 51.7 Å². The molecule has 8 heteroatoms. The Morgan fingerprint density at radius 1 is 1.04 bits per heavy atom. The number of hydrogen-bond acceptors (Lipinski definition) is 5. The maximum Gasteiger partial charge on any atom is 0.243 e. The molecule has 132 valence electrons. The van der Waals surface area contributed by atoms with E-state index in [0.717, 1.165) is 0 Å². The lowest BCUT2D eigenvalue weighted by molar-refractivity contribution is -0.114. The Hall–Kier alpha value is -2.15. The molecule has 0 bridgehead atoms. The molecule has 0 unspecified atom stereocenters. The van der Waals surface area contributed by atoms with Crippen LogP contribution in [0.25, 0.3) is 0 Å². The topological polar surface area (TPSA) is 79.8 Å². The highest BCUT2D eigenvalue weighted by atomic mass is 35.5. The van der Waals surface area contributed by atoms with Crippen LogP contribution in [0.2, 0.25) is 10.0 Å². The van der Waals surface area contributed by atoms with Gasteiger partial charge >= 0.3 is 0 Å². The third-order valence-electron chi connectivity index (χ3n) is 3.56. The number of nitrogens with one attached hydrogen (secondary N) is 2. The molecule has 3 N–H and O–H groups in total. The highest BCUT2D eigenvalue weighted by Gasteiger charge is 2.16. The molecular weight excluding hydrogens is 367 g/mol. The van der Waals surface area contributed by atoms with Crippen molar-refractivity contribution in [1.29, 1.82) is 0 Å². The molecule has 1 amide bonds. The van der Waals surface area contributed by atoms with Gasteiger partial charge in [0.1, 0.15) is 13.2 Å². The van der Waals surface area contributed by atoms with Crippen LogP contribution in [0.4, 0.5) is 11.4 Å². The number of benzene rings is 2. The molecule has 0 saturated carbocycles. The third-order valence-corrected chi connectivity index (χ3v) is 4.20. The summed E-state index contributed by atoms with van der Waals surface area (Å²) in [6.07, 6.45) is 0. The first-order chi connectivity index (χ1) is 12.1. The van der Waals surface area contributed by atoms with Gasteiger partial charge < -0.3 is 25.2 Å². The number of halogens is 2. The number of hydrogen-bond donors (Lipinski definition) is 3. The van der Waals surface area contributed by atoms with Crippen LogP contribution in [-0.4, -0.2) is 30.8 Å². The lowest BCUT2D eigenvalue weighted by atomic mass is 10.2. The molecule has 0 aliphatic carbocycles. The number of carbonyl (C=O) groups excluding carboxylic acids is 1. The minimum absolute atomic E-state index is 0.0145. The zero-order chi connectivity index (χ0) is 17.8. The van der Waals surface area contributed by atoms with Crippen molar-refractivity contribution in [2.75, 3.05) is 30.4 Å². The van der Waals surface area contributed by atoms with E-state index in [1.807, 2.05) is 0 Å². The van der Waals surface area contributed by atoms with Crippen LogP contribution in [0.3, 0.4) is 0 Å². The van der Waals surface area contributed by atoms with Crippen molar-refractivity contribution in [3.63, 3.8) is 0 Å². The fraction of sp³-hybridized carbons (Fsp3) is 0.235. The van der Waals surface area contributed by atoms with Gasteiger partial charge in [0.25, 0.3) is 0 Å². The number of anilines is 2. The Balaban J connectivity index is 1.65. The van der Waals surface area contributed by atoms with Crippen molar-refractivity contribution in [1.82, 2.24) is 0 Å². The first-order valence-corrected chi connectivity index (χ1v) is 8.34. The molecule has 0 fully saturated rings. The summed E-state index contributed by atoms with van der Waals surface area (Å²) in [5.74, 6) is 0.793. The molecule has 1 aliphatic rings. The molecule has 1 aliphatic heterocycles. The second kappa shape index (κ2) is 7.82. The number of aliphatic hydroxyl groups is 1. The Bertz CT molecular complexity index is 798. The zero-order valence-electron chi connectivity index (χ0n) is 13.1. The normalized spacial score (nSPS) is 12.6. The van der Waals surface area contributed by atoms with Gasteiger partial charge in [-0.25, -0.2) is 0 Å². The van der Waals surface area contributed by atoms with Gasteiger partial charge in [0.05, 0.1) is 34.6 Å². The van der Waals surface area contributed by atoms with Crippen molar-refractivity contribution in [3.05, 3.63) is 45.9 Å². The van der Waals surface area contributed by atoms with Crippen LogP contribution >= 0.6 is 23.2 Å². The van der Waals surface area contributed by atoms with E-state index in [-0.39, 0.29) is 19.1 Å². The summed E-state index contributed by atoms with van der Waals surface area (Å²) in [4.78, 5) is 12.2. The van der Waals surface area contributed by atoms with Crippen LogP contribution < -0.4 is 20.1 Å². The van der Waals surface area contributed by atoms with Crippen molar-refractivity contribution < 1.29 is 19.4 Å². The maximum atomic E-state index is 12.2. The van der Waals surface area contributed by atoms with E-state index >= 15 is 0 Å². The van der Waals surface area contributed by atoms with Gasteiger partial charge in [-0.05, 0) is 17.7 Å². The largest absolute Gasteiger partial charge is 0.486 e. The van der Waals surface area contributed by atoms with E-state index in [1.54, 1.807) is 30.3 Å². The quantitative estimate of drug-likeness (QED) is 0.738. The number of rotatable bonds is 5. The Labute approximate surface area is 154 Å². The van der Waals surface area contributed by atoms with E-state index in [4.69, 9.17) is 37.8 Å². The minimum atomic E-state index is -0.302. The second-order valence-corrected chi connectivity index (χ2v) is 6.16. The van der Waals surface area contributed by atoms with E-state index in [1.165, 1.54) is 0 Å². The predicted octanol–water partition coefficient (Wildman–Crippen LogP) is 3.31. The first-order valence-electron chi connectivity index (χ1n) is 7.59. The summed E-state index contributed by atoms with van der Waals surface area (Å²) < 4.78 is 10.9. The summed E-state index contributed by atoms with van der Waals surface area (Å²) in [5, 5.41) is 15.6. The fourth-order valence-electron chi connectivity index (χ4n) is 2.34. The zero-order valence-corrected chi connectivity index (χ0v) is 14.7. The van der Waals surface area contributed by atoms with Crippen LogP contribution in [-0.2, 0) is 11.4 Å². The van der Waals surface area contributed by atoms with Gasteiger partial charge in [0, 0.05) is 12.1 Å². The summed E-state index contributed by atoms with van der Waals surface area (Å²) in [6.45, 7) is 0.792. The summed E-state index contributed by atoms with van der Waals surface area (Å²) in [7, 11) is 0. The van der Waals surface area contributed by atoms with Crippen LogP contribution in [0.15, 0.2) is 30.3 Å². The molecule has 6 nitrogen and oxygen atoms in total. The Kier molecular flexibility index (Phi) is 5.53. The number of aliphatic hydroxyl groups excluding tert-OH is 1. The predicted molar refractivity (Wildman–Crippen MR) is 96.9 cm³/mol. The van der Waals surface area contributed by atoms with E-state index in [9.17, 15) is 4.79 Å². The average molecular weight is 383 g/mol. The fourth-order valence-corrected chi connectivity index (χ4v) is 2.72. The van der Waals surface area contributed by atoms with Gasteiger partial charge in [0.2, 0.25) is 5.91 Å². The molecule has 0 spiro atoms. The molecule has 25 heavy (non-hydrogen) atoms. The molecular formula is C17H16Cl2N2O4. The lowest BCUT2D eigenvalue weighted by Gasteiger charge is -2.20. The highest BCUT2D eigenvalue weighted by molar-refractivity contribution is 6.34. The number of carbonyl (C=O) groups is 1. The number of ether oxygens (including phenoxy) is 2. The second-order valence-electron chi connectivity index (χ2n) is 5.35. The van der Waals surface area contributed by atoms with Gasteiger partial charge in [-0.15, -0.1) is 0 Å². The van der Waals surface area contributed by atoms with Crippen LogP contribution in [0, 0.1) is 0 Å². The van der Waals surface area contributed by atoms with Crippen LogP contribution in [0.5, 0.6) is 11.5 Å². The highest BCUT2D eigenvalue weighted by Crippen LogP contribution is 2.37. The third kappa shape index (κ3) is 4.28. The smallest absolute Gasteiger partial charge is 0.243 e. The van der Waals surface area contributed by atoms with Gasteiger partial charge in [-0.1, -0.05) is 29.3 Å². The SMILES string of the molecule is O=C(CNc1cc(CO)ccc1Cl)Nc1cc2c(cc1Cl)OCCO2.